The highest BCUT2D eigenvalue weighted by molar-refractivity contribution is 8.01. The van der Waals surface area contributed by atoms with Crippen molar-refractivity contribution in [3.63, 3.8) is 0 Å². The average molecular weight is 336 g/mol. The summed E-state index contributed by atoms with van der Waals surface area (Å²) >= 11 is 3.04. The standard InChI is InChI=1S/C14H12N2O2S3/c1-21(17,18)9-6-7-12(10(15)8-9)19-14-16-11-4-2-3-5-13(11)20-14/h2-8H,15H2,1H3. The maximum atomic E-state index is 11.5. The topological polar surface area (TPSA) is 73.0 Å². The lowest BCUT2D eigenvalue weighted by atomic mass is 10.3. The SMILES string of the molecule is CS(=O)(=O)c1ccc(Sc2nc3ccccc3s2)c(N)c1. The van der Waals surface area contributed by atoms with Crippen LogP contribution in [0.15, 0.2) is 56.6 Å². The maximum Gasteiger partial charge on any atom is 0.175 e. The smallest absolute Gasteiger partial charge is 0.175 e. The molecule has 0 fully saturated rings. The molecule has 0 radical (unpaired) electrons. The second kappa shape index (κ2) is 5.32. The largest absolute Gasteiger partial charge is 0.398 e. The quantitative estimate of drug-likeness (QED) is 0.742. The second-order valence-corrected chi connectivity index (χ2v) is 8.86. The molecule has 1 heterocycles. The summed E-state index contributed by atoms with van der Waals surface area (Å²) in [6.07, 6.45) is 1.17. The van der Waals surface area contributed by atoms with Crippen LogP contribution in [-0.2, 0) is 9.84 Å². The number of thiazole rings is 1. The monoisotopic (exact) mass is 336 g/mol. The predicted molar refractivity (Wildman–Crippen MR) is 87.7 cm³/mol. The highest BCUT2D eigenvalue weighted by Gasteiger charge is 2.12. The number of rotatable bonds is 3. The van der Waals surface area contributed by atoms with Crippen molar-refractivity contribution in [1.29, 1.82) is 0 Å². The Morgan fingerprint density at radius 3 is 2.62 bits per heavy atom. The number of nitrogens with zero attached hydrogens (tertiary/aromatic N) is 1. The van der Waals surface area contributed by atoms with Crippen LogP contribution in [0, 0.1) is 0 Å². The Labute approximate surface area is 130 Å². The molecule has 2 N–H and O–H groups in total. The number of fused-ring (bicyclic) bond motifs is 1. The first kappa shape index (κ1) is 14.4. The number of nitrogen functional groups attached to an aromatic ring is 1. The van der Waals surface area contributed by atoms with E-state index in [1.807, 2.05) is 24.3 Å². The molecule has 3 rings (SSSR count). The van der Waals surface area contributed by atoms with Gasteiger partial charge in [0.25, 0.3) is 0 Å². The van der Waals surface area contributed by atoms with E-state index in [-0.39, 0.29) is 4.90 Å². The predicted octanol–water partition coefficient (Wildman–Crippen LogP) is 3.43. The van der Waals surface area contributed by atoms with Gasteiger partial charge in [0.15, 0.2) is 14.2 Å². The van der Waals surface area contributed by atoms with Gasteiger partial charge in [-0.2, -0.15) is 0 Å². The van der Waals surface area contributed by atoms with Gasteiger partial charge in [-0.15, -0.1) is 11.3 Å². The third-order valence-electron chi connectivity index (χ3n) is 2.88. The molecule has 0 spiro atoms. The summed E-state index contributed by atoms with van der Waals surface area (Å²) in [5.41, 5.74) is 7.35. The van der Waals surface area contributed by atoms with E-state index in [0.717, 1.165) is 19.5 Å². The van der Waals surface area contributed by atoms with Crippen LogP contribution in [0.1, 0.15) is 0 Å². The van der Waals surface area contributed by atoms with Gasteiger partial charge in [0.05, 0.1) is 15.1 Å². The van der Waals surface area contributed by atoms with Gasteiger partial charge >= 0.3 is 0 Å². The van der Waals surface area contributed by atoms with Gasteiger partial charge in [-0.1, -0.05) is 23.9 Å². The van der Waals surface area contributed by atoms with Crippen molar-refractivity contribution in [1.82, 2.24) is 4.98 Å². The summed E-state index contributed by atoms with van der Waals surface area (Å²) in [5.74, 6) is 0. The summed E-state index contributed by atoms with van der Waals surface area (Å²) in [4.78, 5) is 5.57. The van der Waals surface area contributed by atoms with E-state index in [4.69, 9.17) is 5.73 Å². The zero-order valence-corrected chi connectivity index (χ0v) is 13.6. The van der Waals surface area contributed by atoms with E-state index >= 15 is 0 Å². The molecule has 4 nitrogen and oxygen atoms in total. The van der Waals surface area contributed by atoms with Gasteiger partial charge in [0.1, 0.15) is 0 Å². The van der Waals surface area contributed by atoms with Crippen LogP contribution < -0.4 is 5.73 Å². The van der Waals surface area contributed by atoms with E-state index in [0.29, 0.717) is 5.69 Å². The lowest BCUT2D eigenvalue weighted by Gasteiger charge is -2.05. The summed E-state index contributed by atoms with van der Waals surface area (Å²) in [7, 11) is -3.24. The van der Waals surface area contributed by atoms with Gasteiger partial charge in [-0.3, -0.25) is 0 Å². The molecule has 0 amide bonds. The van der Waals surface area contributed by atoms with Crippen LogP contribution in [0.5, 0.6) is 0 Å². The third-order valence-corrected chi connectivity index (χ3v) is 6.18. The van der Waals surface area contributed by atoms with Crippen LogP contribution in [0.2, 0.25) is 0 Å². The van der Waals surface area contributed by atoms with Crippen molar-refractivity contribution < 1.29 is 8.42 Å². The third kappa shape index (κ3) is 3.04. The first-order valence-corrected chi connectivity index (χ1v) is 9.59. The Morgan fingerprint density at radius 2 is 1.95 bits per heavy atom. The Morgan fingerprint density at radius 1 is 1.19 bits per heavy atom. The Kier molecular flexibility index (Phi) is 3.64. The van der Waals surface area contributed by atoms with Crippen molar-refractivity contribution in [3.05, 3.63) is 42.5 Å². The average Bonchev–Trinajstić information content (AvgIpc) is 2.82. The van der Waals surface area contributed by atoms with Gasteiger partial charge in [-0.25, -0.2) is 13.4 Å². The van der Waals surface area contributed by atoms with Gasteiger partial charge in [0.2, 0.25) is 0 Å². The first-order chi connectivity index (χ1) is 9.93. The summed E-state index contributed by atoms with van der Waals surface area (Å²) in [6.45, 7) is 0. The lowest BCUT2D eigenvalue weighted by Crippen LogP contribution is -1.99. The number of hydrogen-bond acceptors (Lipinski definition) is 6. The first-order valence-electron chi connectivity index (χ1n) is 6.06. The molecule has 0 aliphatic carbocycles. The van der Waals surface area contributed by atoms with E-state index < -0.39 is 9.84 Å². The van der Waals surface area contributed by atoms with E-state index in [1.54, 1.807) is 23.5 Å². The molecule has 0 saturated carbocycles. The second-order valence-electron chi connectivity index (χ2n) is 4.52. The number of anilines is 1. The molecule has 0 saturated heterocycles. The fourth-order valence-electron chi connectivity index (χ4n) is 1.84. The highest BCUT2D eigenvalue weighted by Crippen LogP contribution is 2.37. The van der Waals surface area contributed by atoms with Crippen LogP contribution in [-0.4, -0.2) is 19.7 Å². The molecule has 7 heteroatoms. The molecule has 0 unspecified atom stereocenters. The molecular weight excluding hydrogens is 324 g/mol. The van der Waals surface area contributed by atoms with Gasteiger partial charge < -0.3 is 5.73 Å². The molecule has 0 aliphatic rings. The summed E-state index contributed by atoms with van der Waals surface area (Å²) in [6, 6.07) is 12.7. The lowest BCUT2D eigenvalue weighted by molar-refractivity contribution is 0.602. The highest BCUT2D eigenvalue weighted by atomic mass is 32.2. The van der Waals surface area contributed by atoms with E-state index in [9.17, 15) is 8.42 Å². The zero-order chi connectivity index (χ0) is 15.0. The maximum absolute atomic E-state index is 11.5. The minimum absolute atomic E-state index is 0.230. The van der Waals surface area contributed by atoms with Crippen molar-refractivity contribution >= 4 is 48.8 Å². The minimum Gasteiger partial charge on any atom is -0.398 e. The molecule has 1 aromatic heterocycles. The normalized spacial score (nSPS) is 11.9. The number of sulfone groups is 1. The molecule has 0 atom stereocenters. The molecule has 108 valence electrons. The van der Waals surface area contributed by atoms with Gasteiger partial charge in [0, 0.05) is 16.8 Å². The summed E-state index contributed by atoms with van der Waals surface area (Å²) < 4.78 is 25.0. The number of nitrogens with two attached hydrogens (primary N) is 1. The number of benzene rings is 2. The van der Waals surface area contributed by atoms with Crippen LogP contribution in [0.25, 0.3) is 10.2 Å². The minimum atomic E-state index is -3.24. The Bertz CT molecular complexity index is 884. The molecule has 0 aliphatic heterocycles. The number of hydrogen-bond donors (Lipinski definition) is 1. The van der Waals surface area contributed by atoms with Crippen molar-refractivity contribution in [2.24, 2.45) is 0 Å². The number of para-hydroxylation sites is 1. The molecule has 21 heavy (non-hydrogen) atoms. The van der Waals surface area contributed by atoms with Crippen molar-refractivity contribution in [2.75, 3.05) is 12.0 Å². The molecule has 0 bridgehead atoms. The molecule has 3 aromatic rings. The van der Waals surface area contributed by atoms with Crippen LogP contribution in [0.3, 0.4) is 0 Å². The van der Waals surface area contributed by atoms with Crippen LogP contribution in [0.4, 0.5) is 5.69 Å². The van der Waals surface area contributed by atoms with Crippen molar-refractivity contribution in [2.45, 2.75) is 14.1 Å². The molecule has 2 aromatic carbocycles. The fourth-order valence-corrected chi connectivity index (χ4v) is 4.54. The number of aromatic nitrogens is 1. The Hall–Kier alpha value is -1.57. The summed E-state index contributed by atoms with van der Waals surface area (Å²) in [5, 5.41) is 0. The molecular formula is C14H12N2O2S3. The van der Waals surface area contributed by atoms with E-state index in [1.165, 1.54) is 24.1 Å². The Balaban J connectivity index is 1.94. The van der Waals surface area contributed by atoms with E-state index in [2.05, 4.69) is 4.98 Å². The van der Waals surface area contributed by atoms with Gasteiger partial charge in [-0.05, 0) is 30.3 Å². The zero-order valence-electron chi connectivity index (χ0n) is 11.1. The van der Waals surface area contributed by atoms with Crippen molar-refractivity contribution in [3.8, 4) is 0 Å². The van der Waals surface area contributed by atoms with Crippen LogP contribution >= 0.6 is 23.1 Å². The fraction of sp³-hybridized carbons (Fsp3) is 0.0714.